The van der Waals surface area contributed by atoms with Crippen LogP contribution in [0.2, 0.25) is 0 Å². The average Bonchev–Trinajstić information content (AvgIpc) is 1.00. The van der Waals surface area contributed by atoms with E-state index in [0.29, 0.717) is 0 Å². The predicted octanol–water partition coefficient (Wildman–Crippen LogP) is -1.04. The summed E-state index contributed by atoms with van der Waals surface area (Å²) in [7, 11) is 0. The van der Waals surface area contributed by atoms with E-state index in [1.807, 2.05) is 0 Å². The molecule has 0 amide bonds. The Hall–Kier alpha value is 2.76. The molecular formula is H2BaCuOSc. The van der Waals surface area contributed by atoms with Gasteiger partial charge in [-0.2, -0.15) is 0 Å². The van der Waals surface area contributed by atoms with E-state index in [1.165, 1.54) is 0 Å². The van der Waals surface area contributed by atoms with Gasteiger partial charge in [0.15, 0.2) is 0 Å². The van der Waals surface area contributed by atoms with Crippen molar-refractivity contribution in [3.63, 3.8) is 0 Å². The molecule has 4 heavy (non-hydrogen) atoms. The molecule has 0 spiro atoms. The summed E-state index contributed by atoms with van der Waals surface area (Å²) in [6, 6.07) is 0. The summed E-state index contributed by atoms with van der Waals surface area (Å²) in [6.45, 7) is 0. The van der Waals surface area contributed by atoms with Crippen molar-refractivity contribution in [2.75, 3.05) is 0 Å². The molecule has 0 bridgehead atoms. The Balaban J connectivity index is -0.00000000500. The van der Waals surface area contributed by atoms with Crippen LogP contribution >= 0.6 is 0 Å². The monoisotopic (exact) mass is 264 g/mol. The first-order valence-electron chi connectivity index (χ1n) is 0.123. The van der Waals surface area contributed by atoms with Crippen LogP contribution in [0.25, 0.3) is 0 Å². The van der Waals surface area contributed by atoms with Crippen molar-refractivity contribution < 1.29 is 45.6 Å². The van der Waals surface area contributed by atoms with Crippen molar-refractivity contribution in [1.82, 2.24) is 0 Å². The molecule has 0 aromatic carbocycles. The third kappa shape index (κ3) is 8.83. The van der Waals surface area contributed by atoms with Crippen molar-refractivity contribution in [3.8, 4) is 0 Å². The molecule has 0 aliphatic rings. The topological polar surface area (TPSA) is 17.1 Å². The molecule has 0 saturated heterocycles. The fourth-order valence-corrected chi connectivity index (χ4v) is 0. The molecule has 0 fully saturated rings. The Kier molecular flexibility index (Phi) is 67.9. The van der Waals surface area contributed by atoms with E-state index < -0.39 is 0 Å². The molecule has 0 rings (SSSR count). The molecule has 0 N–H and O–H groups in total. The van der Waals surface area contributed by atoms with Crippen LogP contribution in [0.4, 0.5) is 0 Å². The third-order valence-electron chi connectivity index (χ3n) is 0. The number of hydrogen-bond donors (Lipinski definition) is 0. The molecule has 24 valence electrons. The fourth-order valence-electron chi connectivity index (χ4n) is 0. The summed E-state index contributed by atoms with van der Waals surface area (Å²) in [5, 5.41) is 0. The largest absolute Gasteiger partial charge is 0 e. The molecule has 0 saturated carbocycles. The summed E-state index contributed by atoms with van der Waals surface area (Å²) < 4.78 is 7.81. The van der Waals surface area contributed by atoms with Gasteiger partial charge in [0, 0.05) is 25.8 Å². The van der Waals surface area contributed by atoms with Gasteiger partial charge in [0.05, 0.1) is 0 Å². The summed E-state index contributed by atoms with van der Waals surface area (Å²) in [5.74, 6) is 0. The number of rotatable bonds is 0. The van der Waals surface area contributed by atoms with E-state index >= 15 is 0 Å². The van der Waals surface area contributed by atoms with Gasteiger partial charge in [-0.3, -0.25) is 0 Å². The molecule has 4 heteroatoms. The zero-order valence-corrected chi connectivity index (χ0v) is 4.03. The van der Waals surface area contributed by atoms with Gasteiger partial charge in [0.2, 0.25) is 0 Å². The van der Waals surface area contributed by atoms with Crippen LogP contribution in [0.1, 0.15) is 0 Å². The van der Waals surface area contributed by atoms with Crippen LogP contribution in [0.15, 0.2) is 0 Å². The molecule has 0 aromatic rings. The Morgan fingerprint density at radius 3 is 1.25 bits per heavy atom. The quantitative estimate of drug-likeness (QED) is 0.511. The summed E-state index contributed by atoms with van der Waals surface area (Å²) >= 11 is 2.94. The molecule has 0 aliphatic carbocycles. The standard InChI is InChI=1S/Ba.Cu.O.Sc.2H. The van der Waals surface area contributed by atoms with Gasteiger partial charge in [-0.05, 0) is 0 Å². The maximum atomic E-state index is 7.81. The van der Waals surface area contributed by atoms with Crippen molar-refractivity contribution >= 4 is 48.9 Å². The van der Waals surface area contributed by atoms with Crippen molar-refractivity contribution in [2.45, 2.75) is 0 Å². The second-order valence-electron chi connectivity index (χ2n) is 0. The van der Waals surface area contributed by atoms with Crippen molar-refractivity contribution in [3.05, 3.63) is 0 Å². The van der Waals surface area contributed by atoms with Gasteiger partial charge in [0.25, 0.3) is 0 Å². The van der Waals surface area contributed by atoms with Crippen LogP contribution in [0.3, 0.4) is 0 Å². The zero-order valence-electron chi connectivity index (χ0n) is 1.29. The number of hydrogen-bond acceptors (Lipinski definition) is 1. The predicted molar refractivity (Wildman–Crippen MR) is 9.23 cm³/mol. The van der Waals surface area contributed by atoms with Crippen LogP contribution in [0, 0.1) is 0 Å². The second kappa shape index (κ2) is 17.1. The minimum atomic E-state index is 0. The van der Waals surface area contributed by atoms with E-state index in [2.05, 4.69) is 15.9 Å². The molecular weight excluding hydrogens is 262 g/mol. The molecule has 0 unspecified atom stereocenters. The van der Waals surface area contributed by atoms with E-state index in [-0.39, 0.29) is 74.7 Å². The molecule has 1 radical (unpaired) electrons. The molecule has 1 nitrogen and oxygen atoms in total. The Morgan fingerprint density at radius 1 is 1.25 bits per heavy atom. The Morgan fingerprint density at radius 2 is 1.25 bits per heavy atom. The normalized spacial score (nSPS) is 1.50. The van der Waals surface area contributed by atoms with Crippen LogP contribution in [0.5, 0.6) is 0 Å². The van der Waals surface area contributed by atoms with Crippen LogP contribution < -0.4 is 0 Å². The molecule has 0 atom stereocenters. The maximum Gasteiger partial charge on any atom is 0 e. The van der Waals surface area contributed by atoms with E-state index in [9.17, 15) is 0 Å². The summed E-state index contributed by atoms with van der Waals surface area (Å²) in [5.41, 5.74) is 0. The smallest absolute Gasteiger partial charge is 0 e. The first kappa shape index (κ1) is 15.9. The van der Waals surface area contributed by atoms with Crippen LogP contribution in [-0.2, 0) is 45.6 Å². The van der Waals surface area contributed by atoms with Crippen molar-refractivity contribution in [1.29, 1.82) is 0 Å². The summed E-state index contributed by atoms with van der Waals surface area (Å²) in [4.78, 5) is 0. The SMILES string of the molecule is [BaH2].[O]=[Cu].[Sc]. The Bertz CT molecular complexity index is 8.00. The Labute approximate surface area is 92.2 Å². The minimum Gasteiger partial charge on any atom is 0 e. The van der Waals surface area contributed by atoms with Gasteiger partial charge in [-0.1, -0.05) is 0 Å². The molecule has 0 aromatic heterocycles. The van der Waals surface area contributed by atoms with Gasteiger partial charge in [-0.25, -0.2) is 0 Å². The fraction of sp³-hybridized carbons (Fsp3) is 0. The first-order valence-corrected chi connectivity index (χ1v) is 0.508. The zero-order chi connectivity index (χ0) is 2.00. The van der Waals surface area contributed by atoms with E-state index in [4.69, 9.17) is 3.83 Å². The maximum absolute atomic E-state index is 7.81. The third-order valence-corrected chi connectivity index (χ3v) is 0. The van der Waals surface area contributed by atoms with Crippen molar-refractivity contribution in [2.24, 2.45) is 0 Å². The summed E-state index contributed by atoms with van der Waals surface area (Å²) in [6.07, 6.45) is 0. The first-order chi connectivity index (χ1) is 1.00. The minimum absolute atomic E-state index is 0. The van der Waals surface area contributed by atoms with E-state index in [0.717, 1.165) is 0 Å². The van der Waals surface area contributed by atoms with Gasteiger partial charge in [0.1, 0.15) is 0 Å². The molecule has 0 heterocycles. The van der Waals surface area contributed by atoms with Crippen LogP contribution in [-0.4, -0.2) is 48.9 Å². The molecule has 0 aliphatic heterocycles. The van der Waals surface area contributed by atoms with Gasteiger partial charge >= 0.3 is 68.7 Å². The average molecular weight is 264 g/mol. The van der Waals surface area contributed by atoms with E-state index in [1.54, 1.807) is 0 Å². The van der Waals surface area contributed by atoms with Gasteiger partial charge < -0.3 is 0 Å². The van der Waals surface area contributed by atoms with Gasteiger partial charge in [-0.15, -0.1) is 0 Å². The second-order valence-corrected chi connectivity index (χ2v) is 0.